The monoisotopic (exact) mass is 496 g/mol. The van der Waals surface area contributed by atoms with Crippen molar-refractivity contribution in [2.75, 3.05) is 51.3 Å². The predicted octanol–water partition coefficient (Wildman–Crippen LogP) is 1.14. The van der Waals surface area contributed by atoms with E-state index < -0.39 is 5.54 Å². The van der Waals surface area contributed by atoms with Gasteiger partial charge in [-0.15, -0.1) is 0 Å². The molecule has 0 aromatic heterocycles. The Balaban J connectivity index is 1.21. The highest BCUT2D eigenvalue weighted by Gasteiger charge is 2.31. The highest BCUT2D eigenvalue weighted by Crippen LogP contribution is 2.26. The number of nitrogens with zero attached hydrogens (tertiary/aromatic N) is 5. The van der Waals surface area contributed by atoms with Crippen LogP contribution in [0.25, 0.3) is 0 Å². The lowest BCUT2D eigenvalue weighted by Crippen LogP contribution is -2.59. The van der Waals surface area contributed by atoms with Crippen molar-refractivity contribution in [2.45, 2.75) is 44.8 Å². The smallest absolute Gasteiger partial charge is 0.323 e. The van der Waals surface area contributed by atoms with Crippen LogP contribution in [0.3, 0.4) is 0 Å². The van der Waals surface area contributed by atoms with Gasteiger partial charge in [-0.3, -0.25) is 10.1 Å². The summed E-state index contributed by atoms with van der Waals surface area (Å²) in [6, 6.07) is 8.72. The Bertz CT molecular complexity index is 986. The second-order valence-electron chi connectivity index (χ2n) is 10.9. The van der Waals surface area contributed by atoms with Crippen molar-refractivity contribution in [2.24, 2.45) is 22.4 Å². The van der Waals surface area contributed by atoms with Gasteiger partial charge in [-0.2, -0.15) is 0 Å². The number of piperazine rings is 1. The van der Waals surface area contributed by atoms with E-state index in [1.807, 2.05) is 17.2 Å². The average molecular weight is 497 g/mol. The molecule has 2 fully saturated rings. The number of hydrogen-bond donors (Lipinski definition) is 3. The van der Waals surface area contributed by atoms with Crippen molar-refractivity contribution < 1.29 is 9.59 Å². The van der Waals surface area contributed by atoms with Gasteiger partial charge in [0.1, 0.15) is 12.5 Å². The quantitative estimate of drug-likeness (QED) is 0.543. The Morgan fingerprint density at radius 3 is 2.31 bits per heavy atom. The summed E-state index contributed by atoms with van der Waals surface area (Å²) >= 11 is 0. The van der Waals surface area contributed by atoms with E-state index in [0.717, 1.165) is 37.5 Å². The lowest BCUT2D eigenvalue weighted by Gasteiger charge is -2.37. The first-order chi connectivity index (χ1) is 17.1. The molecule has 4 rings (SSSR count). The van der Waals surface area contributed by atoms with Gasteiger partial charge in [0.25, 0.3) is 0 Å². The standard InChI is InChI=1S/C26H40N8O2/c1-26(2,28)24(35)32-10-12-33(13-11-32)25(36)30-23-8-9-34(18-29-23)22-6-4-19(5-7-22)16-31(3)17-20-14-21(27)15-20/h4-9,20-21H,10-18,27-28H2,1-3H3,(H,29,30,36)/t20-,21+. The molecular formula is C26H40N8O2. The maximum Gasteiger partial charge on any atom is 0.323 e. The van der Waals surface area contributed by atoms with E-state index in [1.54, 1.807) is 23.6 Å². The van der Waals surface area contributed by atoms with Crippen molar-refractivity contribution in [1.29, 1.82) is 0 Å². The number of rotatable bonds is 6. The lowest BCUT2D eigenvalue weighted by molar-refractivity contribution is -0.137. The van der Waals surface area contributed by atoms with Gasteiger partial charge in [-0.1, -0.05) is 12.1 Å². The van der Waals surface area contributed by atoms with Crippen molar-refractivity contribution in [3.05, 3.63) is 42.1 Å². The minimum Gasteiger partial charge on any atom is -0.338 e. The molecule has 0 radical (unpaired) electrons. The zero-order valence-corrected chi connectivity index (χ0v) is 21.7. The molecule has 5 N–H and O–H groups in total. The molecule has 1 aromatic rings. The first-order valence-electron chi connectivity index (χ1n) is 12.7. The third kappa shape index (κ3) is 6.63. The summed E-state index contributed by atoms with van der Waals surface area (Å²) in [5.74, 6) is 1.17. The minimum absolute atomic E-state index is 0.0961. The van der Waals surface area contributed by atoms with E-state index in [9.17, 15) is 9.59 Å². The van der Waals surface area contributed by atoms with E-state index in [0.29, 0.717) is 44.7 Å². The summed E-state index contributed by atoms with van der Waals surface area (Å²) in [6.07, 6.45) is 6.02. The molecule has 0 atom stereocenters. The third-order valence-corrected chi connectivity index (χ3v) is 7.01. The van der Waals surface area contributed by atoms with E-state index in [4.69, 9.17) is 11.5 Å². The van der Waals surface area contributed by atoms with Gasteiger partial charge in [-0.05, 0) is 63.4 Å². The Labute approximate surface area is 214 Å². The minimum atomic E-state index is -0.904. The van der Waals surface area contributed by atoms with Crippen LogP contribution in [0.2, 0.25) is 0 Å². The van der Waals surface area contributed by atoms with Crippen LogP contribution in [0.5, 0.6) is 0 Å². The van der Waals surface area contributed by atoms with Crippen molar-refractivity contribution >= 4 is 23.5 Å². The summed E-state index contributed by atoms with van der Waals surface area (Å²) in [4.78, 5) is 37.3. The van der Waals surface area contributed by atoms with E-state index in [2.05, 4.69) is 46.5 Å². The molecule has 0 bridgehead atoms. The number of hydrogen-bond acceptors (Lipinski definition) is 7. The van der Waals surface area contributed by atoms with Crippen LogP contribution in [0.1, 0.15) is 32.3 Å². The molecule has 2 aliphatic heterocycles. The fourth-order valence-corrected chi connectivity index (χ4v) is 4.92. The van der Waals surface area contributed by atoms with Crippen LogP contribution in [0.4, 0.5) is 10.5 Å². The van der Waals surface area contributed by atoms with Crippen LogP contribution < -0.4 is 21.7 Å². The number of amidine groups is 1. The summed E-state index contributed by atoms with van der Waals surface area (Å²) in [5.41, 5.74) is 13.2. The number of carbonyl (C=O) groups excluding carboxylic acids is 2. The van der Waals surface area contributed by atoms with Crippen molar-refractivity contribution in [3.8, 4) is 0 Å². The lowest BCUT2D eigenvalue weighted by atomic mass is 9.80. The molecule has 3 amide bonds. The number of nitrogens with one attached hydrogen (secondary N) is 1. The zero-order chi connectivity index (χ0) is 25.9. The molecule has 1 aliphatic carbocycles. The molecule has 1 aromatic carbocycles. The van der Waals surface area contributed by atoms with Gasteiger partial charge in [0, 0.05) is 57.2 Å². The predicted molar refractivity (Wildman–Crippen MR) is 142 cm³/mol. The molecule has 1 saturated carbocycles. The van der Waals surface area contributed by atoms with Crippen molar-refractivity contribution in [1.82, 2.24) is 20.0 Å². The normalized spacial score (nSPS) is 22.4. The number of nitrogens with two attached hydrogens (primary N) is 2. The largest absolute Gasteiger partial charge is 0.338 e. The first-order valence-corrected chi connectivity index (χ1v) is 12.7. The molecule has 2 heterocycles. The third-order valence-electron chi connectivity index (χ3n) is 7.01. The number of anilines is 1. The van der Waals surface area contributed by atoms with Crippen LogP contribution in [-0.2, 0) is 11.3 Å². The maximum atomic E-state index is 12.7. The number of urea groups is 1. The zero-order valence-electron chi connectivity index (χ0n) is 21.7. The maximum absolute atomic E-state index is 12.7. The molecule has 10 heteroatoms. The summed E-state index contributed by atoms with van der Waals surface area (Å²) < 4.78 is 0. The van der Waals surface area contributed by atoms with E-state index in [1.165, 1.54) is 5.56 Å². The highest BCUT2D eigenvalue weighted by molar-refractivity contribution is 6.04. The fraction of sp³-hybridized carbons (Fsp3) is 0.577. The number of benzene rings is 1. The van der Waals surface area contributed by atoms with Gasteiger partial charge in [0.05, 0.1) is 5.54 Å². The van der Waals surface area contributed by atoms with E-state index in [-0.39, 0.29) is 11.9 Å². The Morgan fingerprint density at radius 1 is 1.11 bits per heavy atom. The molecule has 0 unspecified atom stereocenters. The van der Waals surface area contributed by atoms with Gasteiger partial charge >= 0.3 is 6.03 Å². The van der Waals surface area contributed by atoms with Crippen LogP contribution >= 0.6 is 0 Å². The summed E-state index contributed by atoms with van der Waals surface area (Å²) in [6.45, 7) is 7.72. The van der Waals surface area contributed by atoms with E-state index >= 15 is 0 Å². The number of amides is 3. The average Bonchev–Trinajstić information content (AvgIpc) is 2.83. The van der Waals surface area contributed by atoms with Crippen LogP contribution in [0, 0.1) is 5.92 Å². The van der Waals surface area contributed by atoms with Crippen molar-refractivity contribution in [3.63, 3.8) is 0 Å². The molecule has 1 saturated heterocycles. The van der Waals surface area contributed by atoms with Crippen LogP contribution in [0.15, 0.2) is 41.5 Å². The Kier molecular flexibility index (Phi) is 7.97. The van der Waals surface area contributed by atoms with Gasteiger partial charge < -0.3 is 31.1 Å². The number of aliphatic imine (C=N–C) groups is 1. The molecule has 10 nitrogen and oxygen atoms in total. The molecular weight excluding hydrogens is 456 g/mol. The molecule has 36 heavy (non-hydrogen) atoms. The molecule has 0 spiro atoms. The van der Waals surface area contributed by atoms with Gasteiger partial charge in [-0.25, -0.2) is 9.79 Å². The SMILES string of the molecule is CN(Cc1ccc(N2C=CC(NC(=O)N3CCN(C(=O)C(C)(C)N)CC3)=NC2)cc1)C[C@H]1C[C@@H](N)C1. The Hall–Kier alpha value is -2.95. The summed E-state index contributed by atoms with van der Waals surface area (Å²) in [7, 11) is 2.16. The topological polar surface area (TPSA) is 124 Å². The molecule has 3 aliphatic rings. The second-order valence-corrected chi connectivity index (χ2v) is 10.9. The first kappa shape index (κ1) is 26.1. The highest BCUT2D eigenvalue weighted by atomic mass is 16.2. The van der Waals surface area contributed by atoms with Crippen LogP contribution in [-0.4, -0.2) is 90.5 Å². The number of carbonyl (C=O) groups is 2. The fourth-order valence-electron chi connectivity index (χ4n) is 4.92. The second kappa shape index (κ2) is 11.0. The Morgan fingerprint density at radius 2 is 1.75 bits per heavy atom. The van der Waals surface area contributed by atoms with Gasteiger partial charge in [0.2, 0.25) is 5.91 Å². The summed E-state index contributed by atoms with van der Waals surface area (Å²) in [5, 5.41) is 2.88. The van der Waals surface area contributed by atoms with Gasteiger partial charge in [0.15, 0.2) is 0 Å². The molecule has 196 valence electrons.